The summed E-state index contributed by atoms with van der Waals surface area (Å²) >= 11 is 0. The SMILES string of the molecule is [2H]C([2H])([2H])C(N)CO. The molecule has 0 amide bonds. The smallest absolute Gasteiger partial charge is 0.0579 e. The maximum atomic E-state index is 8.19. The van der Waals surface area contributed by atoms with Crippen LogP contribution in [0.4, 0.5) is 0 Å². The quantitative estimate of drug-likeness (QED) is 0.437. The molecule has 0 aromatic carbocycles. The molecule has 0 heterocycles. The van der Waals surface area contributed by atoms with Crippen LogP contribution in [0, 0.1) is 0 Å². The van der Waals surface area contributed by atoms with Crippen LogP contribution in [-0.2, 0) is 0 Å². The lowest BCUT2D eigenvalue weighted by Gasteiger charge is -1.91. The summed E-state index contributed by atoms with van der Waals surface area (Å²) in [5, 5.41) is 8.19. The van der Waals surface area contributed by atoms with Gasteiger partial charge in [-0.05, 0) is 6.85 Å². The Kier molecular flexibility index (Phi) is 0.687. The van der Waals surface area contributed by atoms with Gasteiger partial charge in [-0.3, -0.25) is 0 Å². The summed E-state index contributed by atoms with van der Waals surface area (Å²) in [6.45, 7) is -2.70. The van der Waals surface area contributed by atoms with Crippen molar-refractivity contribution < 1.29 is 9.22 Å². The third-order valence-electron chi connectivity index (χ3n) is 0.197. The molecule has 0 radical (unpaired) electrons. The number of rotatable bonds is 1. The zero-order valence-electron chi connectivity index (χ0n) is 5.81. The van der Waals surface area contributed by atoms with Gasteiger partial charge in [-0.25, -0.2) is 0 Å². The average molecular weight is 78.1 g/mol. The first-order valence-corrected chi connectivity index (χ1v) is 1.35. The highest BCUT2D eigenvalue weighted by molar-refractivity contribution is 4.43. The summed E-state index contributed by atoms with van der Waals surface area (Å²) in [6.07, 6.45) is 0. The second kappa shape index (κ2) is 2.18. The van der Waals surface area contributed by atoms with Gasteiger partial charge < -0.3 is 10.8 Å². The molecule has 3 N–H and O–H groups in total. The molecular formula is C3H9NO. The van der Waals surface area contributed by atoms with E-state index in [4.69, 9.17) is 15.0 Å². The van der Waals surface area contributed by atoms with Crippen molar-refractivity contribution >= 4 is 0 Å². The highest BCUT2D eigenvalue weighted by atomic mass is 16.3. The molecule has 2 heteroatoms. The zero-order valence-corrected chi connectivity index (χ0v) is 2.81. The standard InChI is InChI=1S/C3H9NO/c1-3(4)2-5/h3,5H,2,4H2,1H3/i1D3. The van der Waals surface area contributed by atoms with Crippen molar-refractivity contribution in [2.75, 3.05) is 6.61 Å². The third kappa shape index (κ3) is 3.92. The van der Waals surface area contributed by atoms with Crippen LogP contribution in [0.25, 0.3) is 0 Å². The lowest BCUT2D eigenvalue weighted by molar-refractivity contribution is 0.273. The van der Waals surface area contributed by atoms with Crippen molar-refractivity contribution in [1.82, 2.24) is 0 Å². The van der Waals surface area contributed by atoms with Crippen molar-refractivity contribution in [1.29, 1.82) is 0 Å². The van der Waals surface area contributed by atoms with Crippen LogP contribution in [0.2, 0.25) is 0 Å². The van der Waals surface area contributed by atoms with Gasteiger partial charge in [0.2, 0.25) is 0 Å². The minimum atomic E-state index is -2.21. The zero-order chi connectivity index (χ0) is 6.78. The number of hydrogen-bond acceptors (Lipinski definition) is 2. The Bertz CT molecular complexity index is 71.4. The van der Waals surface area contributed by atoms with Crippen molar-refractivity contribution in [3.05, 3.63) is 0 Å². The molecule has 1 unspecified atom stereocenters. The van der Waals surface area contributed by atoms with E-state index in [-0.39, 0.29) is 0 Å². The first-order chi connectivity index (χ1) is 3.48. The number of aliphatic hydroxyl groups excluding tert-OH is 1. The van der Waals surface area contributed by atoms with Crippen molar-refractivity contribution in [2.24, 2.45) is 5.73 Å². The molecule has 32 valence electrons. The maximum Gasteiger partial charge on any atom is 0.0579 e. The lowest BCUT2D eigenvalue weighted by atomic mass is 10.4. The van der Waals surface area contributed by atoms with E-state index in [9.17, 15) is 0 Å². The molecule has 0 saturated heterocycles. The van der Waals surface area contributed by atoms with Gasteiger partial charge in [-0.2, -0.15) is 0 Å². The Labute approximate surface area is 35.8 Å². The van der Waals surface area contributed by atoms with E-state index in [0.29, 0.717) is 0 Å². The normalized spacial score (nSPS) is 26.4. The number of aliphatic hydroxyl groups is 1. The largest absolute Gasteiger partial charge is 0.395 e. The molecular weight excluding hydrogens is 66.0 g/mol. The monoisotopic (exact) mass is 78.1 g/mol. The molecule has 0 aromatic heterocycles. The average Bonchev–Trinajstić information content (AvgIpc) is 1.62. The molecule has 0 aromatic rings. The van der Waals surface area contributed by atoms with Crippen LogP contribution in [-0.4, -0.2) is 17.8 Å². The maximum absolute atomic E-state index is 8.19. The molecule has 0 bridgehead atoms. The fourth-order valence-corrected chi connectivity index (χ4v) is 0. The van der Waals surface area contributed by atoms with Gasteiger partial charge in [0, 0.05) is 10.2 Å². The van der Waals surface area contributed by atoms with Gasteiger partial charge in [-0.1, -0.05) is 0 Å². The topological polar surface area (TPSA) is 46.2 Å². The summed E-state index contributed by atoms with van der Waals surface area (Å²) in [6, 6.07) is -1.09. The van der Waals surface area contributed by atoms with Gasteiger partial charge in [0.05, 0.1) is 6.61 Å². The minimum Gasteiger partial charge on any atom is -0.395 e. The van der Waals surface area contributed by atoms with E-state index in [1.165, 1.54) is 0 Å². The summed E-state index contributed by atoms with van der Waals surface area (Å²) in [5.41, 5.74) is 4.94. The summed E-state index contributed by atoms with van der Waals surface area (Å²) in [7, 11) is 0. The van der Waals surface area contributed by atoms with Gasteiger partial charge in [0.25, 0.3) is 0 Å². The van der Waals surface area contributed by atoms with E-state index < -0.39 is 19.5 Å². The molecule has 5 heavy (non-hydrogen) atoms. The van der Waals surface area contributed by atoms with E-state index in [2.05, 4.69) is 0 Å². The molecule has 1 atom stereocenters. The third-order valence-corrected chi connectivity index (χ3v) is 0.197. The predicted molar refractivity (Wildman–Crippen MR) is 20.7 cm³/mol. The van der Waals surface area contributed by atoms with Crippen molar-refractivity contribution in [3.63, 3.8) is 0 Å². The first kappa shape index (κ1) is 1.58. The summed E-state index contributed by atoms with van der Waals surface area (Å²) in [5.74, 6) is 0. The Morgan fingerprint density at radius 1 is 2.40 bits per heavy atom. The number of nitrogens with two attached hydrogens (primary N) is 1. The fraction of sp³-hybridized carbons (Fsp3) is 1.00. The molecule has 0 aliphatic heterocycles. The predicted octanol–water partition coefficient (Wildman–Crippen LogP) is -0.674. The van der Waals surface area contributed by atoms with Crippen LogP contribution in [0.3, 0.4) is 0 Å². The van der Waals surface area contributed by atoms with Crippen LogP contribution < -0.4 is 5.73 Å². The first-order valence-electron chi connectivity index (χ1n) is 2.85. The van der Waals surface area contributed by atoms with E-state index >= 15 is 0 Å². The van der Waals surface area contributed by atoms with Gasteiger partial charge in [0.15, 0.2) is 0 Å². The molecule has 0 fully saturated rings. The van der Waals surface area contributed by atoms with E-state index in [1.54, 1.807) is 0 Å². The highest BCUT2D eigenvalue weighted by Gasteiger charge is 1.81. The second-order valence-corrected chi connectivity index (χ2v) is 0.789. The van der Waals surface area contributed by atoms with Gasteiger partial charge in [0.1, 0.15) is 0 Å². The molecule has 0 rings (SSSR count). The fourth-order valence-electron chi connectivity index (χ4n) is 0. The van der Waals surface area contributed by atoms with Crippen LogP contribution in [0.15, 0.2) is 0 Å². The second-order valence-electron chi connectivity index (χ2n) is 0.789. The molecule has 0 spiro atoms. The van der Waals surface area contributed by atoms with Crippen LogP contribution >= 0.6 is 0 Å². The highest BCUT2D eigenvalue weighted by Crippen LogP contribution is 1.62. The van der Waals surface area contributed by atoms with Crippen LogP contribution in [0.5, 0.6) is 0 Å². The molecule has 0 aliphatic rings. The minimum absolute atomic E-state index is 0.490. The van der Waals surface area contributed by atoms with Gasteiger partial charge in [-0.15, -0.1) is 0 Å². The summed E-state index contributed by atoms with van der Waals surface area (Å²) in [4.78, 5) is 0. The van der Waals surface area contributed by atoms with Crippen molar-refractivity contribution in [2.45, 2.75) is 12.9 Å². The number of hydrogen-bond donors (Lipinski definition) is 2. The van der Waals surface area contributed by atoms with Gasteiger partial charge >= 0.3 is 0 Å². The summed E-state index contributed by atoms with van der Waals surface area (Å²) < 4.78 is 19.8. The Hall–Kier alpha value is -0.0800. The molecule has 0 aliphatic carbocycles. The molecule has 0 saturated carbocycles. The Morgan fingerprint density at radius 3 is 3.00 bits per heavy atom. The van der Waals surface area contributed by atoms with Crippen molar-refractivity contribution in [3.8, 4) is 0 Å². The van der Waals surface area contributed by atoms with Crippen LogP contribution in [0.1, 0.15) is 11.0 Å². The van der Waals surface area contributed by atoms with E-state index in [0.717, 1.165) is 0 Å². The van der Waals surface area contributed by atoms with E-state index in [1.807, 2.05) is 0 Å². The Balaban J connectivity index is 3.62. The lowest BCUT2D eigenvalue weighted by Crippen LogP contribution is -2.18. The Morgan fingerprint density at radius 2 is 3.00 bits per heavy atom. The molecule has 2 nitrogen and oxygen atoms in total.